The Morgan fingerprint density at radius 2 is 1.70 bits per heavy atom. The Labute approximate surface area is 264 Å². The number of thiazole rings is 1. The largest absolute Gasteiger partial charge is 0.425 e. The zero-order chi connectivity index (χ0) is 32.6. The number of nitrogens with one attached hydrogen (secondary N) is 1. The highest BCUT2D eigenvalue weighted by atomic mass is 32.2. The lowest BCUT2D eigenvalue weighted by Crippen LogP contribution is -2.71. The summed E-state index contributed by atoms with van der Waals surface area (Å²) in [6, 6.07) is -1.06. The van der Waals surface area contributed by atoms with E-state index in [0.29, 0.717) is 10.7 Å². The first-order valence-corrected chi connectivity index (χ1v) is 16.3. The second kappa shape index (κ2) is 15.8. The number of nitrogens with two attached hydrogens (primary N) is 1. The molecule has 3 heterocycles. The van der Waals surface area contributed by atoms with Crippen LogP contribution in [0.4, 0.5) is 5.13 Å². The van der Waals surface area contributed by atoms with E-state index in [-0.39, 0.29) is 35.1 Å². The minimum atomic E-state index is -1.18. The molecule has 16 nitrogen and oxygen atoms in total. The molecular weight excluding hydrogens is 643 g/mol. The lowest BCUT2D eigenvalue weighted by Gasteiger charge is -2.49. The summed E-state index contributed by atoms with van der Waals surface area (Å²) in [5.74, 6) is -4.02. The van der Waals surface area contributed by atoms with Gasteiger partial charge in [0.15, 0.2) is 10.8 Å². The number of hydrogen-bond acceptors (Lipinski definition) is 17. The molecule has 2 aliphatic rings. The van der Waals surface area contributed by atoms with Crippen LogP contribution in [0.15, 0.2) is 21.1 Å². The molecule has 0 saturated carbocycles. The molecule has 19 heteroatoms. The average Bonchev–Trinajstić information content (AvgIpc) is 3.41. The first-order chi connectivity index (χ1) is 20.9. The number of fused-ring (bicyclic) bond motifs is 1. The van der Waals surface area contributed by atoms with Gasteiger partial charge in [-0.05, 0) is 6.26 Å². The molecule has 0 radical (unpaired) electrons. The van der Waals surface area contributed by atoms with E-state index < -0.39 is 66.3 Å². The van der Waals surface area contributed by atoms with Gasteiger partial charge in [-0.25, -0.2) is 14.6 Å². The highest BCUT2D eigenvalue weighted by Gasteiger charge is 2.55. The summed E-state index contributed by atoms with van der Waals surface area (Å²) in [5, 5.41) is 7.19. The van der Waals surface area contributed by atoms with Crippen molar-refractivity contribution in [3.05, 3.63) is 21.7 Å². The molecule has 0 spiro atoms. The zero-order valence-corrected chi connectivity index (χ0v) is 26.8. The van der Waals surface area contributed by atoms with Crippen molar-refractivity contribution in [2.45, 2.75) is 64.5 Å². The molecular formula is C25H31N5O11S3. The van der Waals surface area contributed by atoms with Crippen LogP contribution in [0, 0.1) is 0 Å². The molecule has 1 aromatic rings. The van der Waals surface area contributed by atoms with E-state index >= 15 is 0 Å². The number of nitrogen functional groups attached to an aromatic ring is 1. The summed E-state index contributed by atoms with van der Waals surface area (Å²) in [7, 11) is 0. The van der Waals surface area contributed by atoms with Crippen molar-refractivity contribution in [2.75, 3.05) is 24.3 Å². The van der Waals surface area contributed by atoms with Crippen LogP contribution in [-0.2, 0) is 52.6 Å². The van der Waals surface area contributed by atoms with Gasteiger partial charge in [0.2, 0.25) is 19.2 Å². The minimum absolute atomic E-state index is 0.00185. The summed E-state index contributed by atoms with van der Waals surface area (Å²) in [5.41, 5.74) is 5.35. The van der Waals surface area contributed by atoms with Gasteiger partial charge in [0.1, 0.15) is 22.8 Å². The molecule has 0 aromatic carbocycles. The Bertz CT molecular complexity index is 1360. The average molecular weight is 674 g/mol. The number of esters is 4. The van der Waals surface area contributed by atoms with Gasteiger partial charge in [-0.1, -0.05) is 19.0 Å². The smallest absolute Gasteiger partial charge is 0.359 e. The Kier molecular flexibility index (Phi) is 12.4. The molecule has 3 rings (SSSR count). The first-order valence-electron chi connectivity index (χ1n) is 13.1. The number of amides is 2. The fraction of sp³-hybridized carbons (Fsp3) is 0.520. The number of carbonyl (C=O) groups is 6. The standard InChI is InChI=1S/C25H31N5O11S3/c1-6-15(31)38-11(3)40-17(33)8-37-29-18(13-9-44-25(26)27-13)21(34)28-19-22(35)30-20(14(42-5)10-43-23(19)30)24(36)41-12(4)39-16(32)7-2/h9,11-12,19,23H,6-8,10H2,1-5H3,(H2,26,27)(H,28,34)/b29-18-/t11?,12?,19?,23-/m1/s1. The monoisotopic (exact) mass is 673 g/mol. The predicted molar refractivity (Wildman–Crippen MR) is 158 cm³/mol. The molecule has 3 unspecified atom stereocenters. The molecule has 0 aliphatic carbocycles. The second-order valence-corrected chi connectivity index (χ2v) is 11.7. The predicted octanol–water partition coefficient (Wildman–Crippen LogP) is 1.11. The lowest BCUT2D eigenvalue weighted by molar-refractivity contribution is -0.187. The maximum atomic E-state index is 13.3. The Morgan fingerprint density at radius 3 is 2.27 bits per heavy atom. The van der Waals surface area contributed by atoms with Gasteiger partial charge in [0.05, 0.1) is 0 Å². The summed E-state index contributed by atoms with van der Waals surface area (Å²) >= 11 is 3.59. The van der Waals surface area contributed by atoms with E-state index in [4.69, 9.17) is 29.5 Å². The second-order valence-electron chi connectivity index (χ2n) is 8.84. The van der Waals surface area contributed by atoms with E-state index in [1.54, 1.807) is 20.1 Å². The zero-order valence-electron chi connectivity index (χ0n) is 24.3. The minimum Gasteiger partial charge on any atom is -0.425 e. The van der Waals surface area contributed by atoms with Gasteiger partial charge < -0.3 is 34.8 Å². The van der Waals surface area contributed by atoms with Crippen molar-refractivity contribution < 1.29 is 52.6 Å². The Hall–Kier alpha value is -3.84. The number of ether oxygens (including phenoxy) is 4. The van der Waals surface area contributed by atoms with Crippen LogP contribution in [0.5, 0.6) is 0 Å². The van der Waals surface area contributed by atoms with E-state index in [9.17, 15) is 28.8 Å². The summed E-state index contributed by atoms with van der Waals surface area (Å²) < 4.78 is 20.0. The van der Waals surface area contributed by atoms with Crippen LogP contribution < -0.4 is 11.1 Å². The number of anilines is 1. The quantitative estimate of drug-likeness (QED) is 0.0930. The molecule has 1 saturated heterocycles. The maximum Gasteiger partial charge on any atom is 0.359 e. The van der Waals surface area contributed by atoms with Crippen LogP contribution >= 0.6 is 34.9 Å². The molecule has 2 aliphatic heterocycles. The third-order valence-electron chi connectivity index (χ3n) is 5.72. The fourth-order valence-corrected chi connectivity index (χ4v) is 6.50. The Balaban J connectivity index is 1.70. The normalized spacial score (nSPS) is 19.2. The van der Waals surface area contributed by atoms with E-state index in [1.165, 1.54) is 47.7 Å². The van der Waals surface area contributed by atoms with Gasteiger partial charge in [-0.3, -0.25) is 24.1 Å². The van der Waals surface area contributed by atoms with Gasteiger partial charge in [-0.15, -0.1) is 34.9 Å². The number of nitrogens with zero attached hydrogens (tertiary/aromatic N) is 3. The van der Waals surface area contributed by atoms with Gasteiger partial charge in [0, 0.05) is 42.7 Å². The van der Waals surface area contributed by atoms with Gasteiger partial charge in [0.25, 0.3) is 11.8 Å². The summed E-state index contributed by atoms with van der Waals surface area (Å²) in [6.45, 7) is 5.17. The summed E-state index contributed by atoms with van der Waals surface area (Å²) in [6.07, 6.45) is -0.421. The van der Waals surface area contributed by atoms with Crippen LogP contribution in [0.2, 0.25) is 0 Å². The number of hydrogen-bond donors (Lipinski definition) is 2. The van der Waals surface area contributed by atoms with Crippen molar-refractivity contribution in [3.8, 4) is 0 Å². The Morgan fingerprint density at radius 1 is 1.09 bits per heavy atom. The van der Waals surface area contributed by atoms with E-state index in [0.717, 1.165) is 11.3 Å². The van der Waals surface area contributed by atoms with E-state index in [2.05, 4.69) is 15.5 Å². The maximum absolute atomic E-state index is 13.3. The number of thioether (sulfide) groups is 2. The van der Waals surface area contributed by atoms with Crippen molar-refractivity contribution in [1.29, 1.82) is 0 Å². The third-order valence-corrected chi connectivity index (χ3v) is 8.69. The van der Waals surface area contributed by atoms with Crippen molar-refractivity contribution in [3.63, 3.8) is 0 Å². The highest BCUT2D eigenvalue weighted by Crippen LogP contribution is 2.43. The molecule has 1 aromatic heterocycles. The molecule has 44 heavy (non-hydrogen) atoms. The molecule has 0 bridgehead atoms. The highest BCUT2D eigenvalue weighted by molar-refractivity contribution is 8.05. The first kappa shape index (κ1) is 34.6. The van der Waals surface area contributed by atoms with Gasteiger partial charge >= 0.3 is 23.9 Å². The van der Waals surface area contributed by atoms with Crippen molar-refractivity contribution >= 4 is 81.4 Å². The van der Waals surface area contributed by atoms with Crippen LogP contribution in [-0.4, -0.2) is 93.9 Å². The van der Waals surface area contributed by atoms with Gasteiger partial charge in [-0.2, -0.15) is 0 Å². The SMILES string of the molecule is CCC(=O)OC(C)OC(=O)CO/N=C(\C(=O)NC1C(=O)N2C(C(=O)OC(C)OC(=O)CC)=C(SC)CS[C@H]12)c1csc(N)n1. The molecule has 2 amide bonds. The summed E-state index contributed by atoms with van der Waals surface area (Å²) in [4.78, 5) is 85.4. The molecule has 4 atom stereocenters. The lowest BCUT2D eigenvalue weighted by atomic mass is 10.0. The number of oxime groups is 1. The van der Waals surface area contributed by atoms with Crippen molar-refractivity contribution in [2.24, 2.45) is 5.16 Å². The number of rotatable bonds is 14. The molecule has 3 N–H and O–H groups in total. The van der Waals surface area contributed by atoms with Crippen LogP contribution in [0.1, 0.15) is 46.2 Å². The third kappa shape index (κ3) is 8.63. The molecule has 240 valence electrons. The van der Waals surface area contributed by atoms with E-state index in [1.807, 2.05) is 0 Å². The van der Waals surface area contributed by atoms with Crippen LogP contribution in [0.25, 0.3) is 0 Å². The number of aromatic nitrogens is 1. The molecule has 1 fully saturated rings. The number of β-lactam (4-membered cyclic amide) rings is 1. The number of carbonyl (C=O) groups excluding carboxylic acids is 6. The van der Waals surface area contributed by atoms with Crippen molar-refractivity contribution in [1.82, 2.24) is 15.2 Å². The fourth-order valence-electron chi connectivity index (χ4n) is 3.71. The topological polar surface area (TPSA) is 215 Å². The van der Waals surface area contributed by atoms with Crippen LogP contribution in [0.3, 0.4) is 0 Å².